The summed E-state index contributed by atoms with van der Waals surface area (Å²) in [4.78, 5) is 4.06. The lowest BCUT2D eigenvalue weighted by molar-refractivity contribution is 0.143. The smallest absolute Gasteiger partial charge is 0.134 e. The number of fused-ring (bicyclic) bond motifs is 1. The summed E-state index contributed by atoms with van der Waals surface area (Å²) in [5.41, 5.74) is 1.84. The van der Waals surface area contributed by atoms with Gasteiger partial charge < -0.3 is 9.52 Å². The summed E-state index contributed by atoms with van der Waals surface area (Å²) in [6.45, 7) is 0. The maximum atomic E-state index is 10.2. The molecule has 0 radical (unpaired) electrons. The Kier molecular flexibility index (Phi) is 3.72. The number of pyridine rings is 1. The van der Waals surface area contributed by atoms with Crippen molar-refractivity contribution in [2.24, 2.45) is 0 Å². The van der Waals surface area contributed by atoms with E-state index in [0.717, 1.165) is 23.0 Å². The van der Waals surface area contributed by atoms with E-state index >= 15 is 0 Å². The number of hydrogen-bond acceptors (Lipinski definition) is 3. The zero-order valence-electron chi connectivity index (χ0n) is 10.8. The quantitative estimate of drug-likeness (QED) is 0.784. The SMILES string of the molecule is OC(CCc1cccnc1)c1cc2cc(Cl)ccc2o1. The molecule has 2 aromatic heterocycles. The van der Waals surface area contributed by atoms with E-state index in [9.17, 15) is 5.11 Å². The predicted octanol–water partition coefficient (Wildman–Crippen LogP) is 4.15. The lowest BCUT2D eigenvalue weighted by Gasteiger charge is -2.06. The number of nitrogens with zero attached hydrogens (tertiary/aromatic N) is 1. The van der Waals surface area contributed by atoms with E-state index in [0.29, 0.717) is 17.2 Å². The van der Waals surface area contributed by atoms with Crippen molar-refractivity contribution < 1.29 is 9.52 Å². The van der Waals surface area contributed by atoms with Crippen molar-refractivity contribution in [3.05, 3.63) is 65.1 Å². The average Bonchev–Trinajstić information content (AvgIpc) is 2.89. The molecule has 3 aromatic rings. The van der Waals surface area contributed by atoms with Crippen molar-refractivity contribution in [1.82, 2.24) is 4.98 Å². The number of hydrogen-bond donors (Lipinski definition) is 1. The lowest BCUT2D eigenvalue weighted by Crippen LogP contribution is -1.98. The molecule has 1 unspecified atom stereocenters. The first-order chi connectivity index (χ1) is 9.72. The fourth-order valence-electron chi connectivity index (χ4n) is 2.19. The first-order valence-electron chi connectivity index (χ1n) is 6.48. The number of benzene rings is 1. The molecular weight excluding hydrogens is 274 g/mol. The maximum absolute atomic E-state index is 10.2. The van der Waals surface area contributed by atoms with Gasteiger partial charge in [0.15, 0.2) is 0 Å². The summed E-state index contributed by atoms with van der Waals surface area (Å²) in [7, 11) is 0. The van der Waals surface area contributed by atoms with Gasteiger partial charge in [-0.2, -0.15) is 0 Å². The molecule has 102 valence electrons. The van der Waals surface area contributed by atoms with Gasteiger partial charge in [-0.05, 0) is 48.7 Å². The van der Waals surface area contributed by atoms with Gasteiger partial charge in [-0.25, -0.2) is 0 Å². The Morgan fingerprint density at radius 1 is 1.25 bits per heavy atom. The molecule has 0 fully saturated rings. The Morgan fingerprint density at radius 3 is 2.95 bits per heavy atom. The highest BCUT2D eigenvalue weighted by Crippen LogP contribution is 2.28. The molecule has 4 heteroatoms. The molecule has 3 nitrogen and oxygen atoms in total. The summed E-state index contributed by atoms with van der Waals surface area (Å²) in [6.07, 6.45) is 4.28. The largest absolute Gasteiger partial charge is 0.458 e. The van der Waals surface area contributed by atoms with Crippen LogP contribution in [-0.2, 0) is 6.42 Å². The minimum Gasteiger partial charge on any atom is -0.458 e. The number of furan rings is 1. The van der Waals surface area contributed by atoms with E-state index in [2.05, 4.69) is 4.98 Å². The highest BCUT2D eigenvalue weighted by Gasteiger charge is 2.13. The van der Waals surface area contributed by atoms with Crippen LogP contribution in [0.4, 0.5) is 0 Å². The van der Waals surface area contributed by atoms with Gasteiger partial charge in [0.05, 0.1) is 0 Å². The molecule has 3 rings (SSSR count). The summed E-state index contributed by atoms with van der Waals surface area (Å²) < 4.78 is 5.65. The van der Waals surface area contributed by atoms with Crippen LogP contribution in [0.1, 0.15) is 23.8 Å². The van der Waals surface area contributed by atoms with Gasteiger partial charge in [0.1, 0.15) is 17.4 Å². The molecule has 0 bridgehead atoms. The number of rotatable bonds is 4. The number of halogens is 1. The first kappa shape index (κ1) is 13.2. The highest BCUT2D eigenvalue weighted by atomic mass is 35.5. The Bertz CT molecular complexity index is 709. The van der Waals surface area contributed by atoms with Gasteiger partial charge in [0, 0.05) is 22.8 Å². The molecule has 0 aliphatic rings. The van der Waals surface area contributed by atoms with Crippen LogP contribution in [0.15, 0.2) is 53.2 Å². The van der Waals surface area contributed by atoms with Crippen molar-refractivity contribution >= 4 is 22.6 Å². The van der Waals surface area contributed by atoms with Gasteiger partial charge in [0.2, 0.25) is 0 Å². The molecular formula is C16H14ClNO2. The lowest BCUT2D eigenvalue weighted by atomic mass is 10.1. The second-order valence-electron chi connectivity index (χ2n) is 4.75. The van der Waals surface area contributed by atoms with Crippen molar-refractivity contribution in [3.8, 4) is 0 Å². The molecule has 20 heavy (non-hydrogen) atoms. The number of aliphatic hydroxyl groups excluding tert-OH is 1. The van der Waals surface area contributed by atoms with Crippen LogP contribution in [0.5, 0.6) is 0 Å². The van der Waals surface area contributed by atoms with Gasteiger partial charge in [-0.15, -0.1) is 0 Å². The van der Waals surface area contributed by atoms with Crippen molar-refractivity contribution in [1.29, 1.82) is 0 Å². The summed E-state index contributed by atoms with van der Waals surface area (Å²) >= 11 is 5.94. The van der Waals surface area contributed by atoms with E-state index in [1.807, 2.05) is 36.5 Å². The Morgan fingerprint density at radius 2 is 2.15 bits per heavy atom. The molecule has 1 aromatic carbocycles. The maximum Gasteiger partial charge on any atom is 0.134 e. The van der Waals surface area contributed by atoms with E-state index < -0.39 is 6.10 Å². The van der Waals surface area contributed by atoms with Crippen molar-refractivity contribution in [2.45, 2.75) is 18.9 Å². The monoisotopic (exact) mass is 287 g/mol. The van der Waals surface area contributed by atoms with Crippen LogP contribution in [-0.4, -0.2) is 10.1 Å². The molecule has 1 N–H and O–H groups in total. The minimum absolute atomic E-state index is 0.575. The number of aromatic nitrogens is 1. The zero-order valence-corrected chi connectivity index (χ0v) is 11.5. The van der Waals surface area contributed by atoms with Crippen LogP contribution in [0, 0.1) is 0 Å². The second-order valence-corrected chi connectivity index (χ2v) is 5.18. The number of aliphatic hydroxyl groups is 1. The van der Waals surface area contributed by atoms with E-state index in [1.54, 1.807) is 12.3 Å². The molecule has 0 saturated carbocycles. The minimum atomic E-state index is -0.624. The van der Waals surface area contributed by atoms with Gasteiger partial charge >= 0.3 is 0 Å². The Balaban J connectivity index is 1.73. The molecule has 0 amide bonds. The normalized spacial score (nSPS) is 12.7. The van der Waals surface area contributed by atoms with Crippen LogP contribution in [0.25, 0.3) is 11.0 Å². The van der Waals surface area contributed by atoms with Crippen molar-refractivity contribution in [3.63, 3.8) is 0 Å². The molecule has 0 aliphatic carbocycles. The van der Waals surface area contributed by atoms with Gasteiger partial charge in [-0.3, -0.25) is 4.98 Å². The summed E-state index contributed by atoms with van der Waals surface area (Å²) in [5, 5.41) is 11.8. The molecule has 1 atom stereocenters. The third-order valence-electron chi connectivity index (χ3n) is 3.26. The third kappa shape index (κ3) is 2.84. The van der Waals surface area contributed by atoms with E-state index in [1.165, 1.54) is 0 Å². The van der Waals surface area contributed by atoms with Crippen LogP contribution in [0.3, 0.4) is 0 Å². The fraction of sp³-hybridized carbons (Fsp3) is 0.188. The second kappa shape index (κ2) is 5.65. The van der Waals surface area contributed by atoms with E-state index in [4.69, 9.17) is 16.0 Å². The molecule has 0 spiro atoms. The summed E-state index contributed by atoms with van der Waals surface area (Å²) in [6, 6.07) is 11.2. The Hall–Kier alpha value is -1.84. The highest BCUT2D eigenvalue weighted by molar-refractivity contribution is 6.31. The zero-order chi connectivity index (χ0) is 13.9. The predicted molar refractivity (Wildman–Crippen MR) is 78.7 cm³/mol. The van der Waals surface area contributed by atoms with Crippen LogP contribution < -0.4 is 0 Å². The standard InChI is InChI=1S/C16H14ClNO2/c17-13-4-6-15-12(8-13)9-16(20-15)14(19)5-3-11-2-1-7-18-10-11/h1-2,4,6-10,14,19H,3,5H2. The van der Waals surface area contributed by atoms with Gasteiger partial charge in [-0.1, -0.05) is 17.7 Å². The van der Waals surface area contributed by atoms with E-state index in [-0.39, 0.29) is 0 Å². The molecule has 0 saturated heterocycles. The average molecular weight is 288 g/mol. The summed E-state index contributed by atoms with van der Waals surface area (Å²) in [5.74, 6) is 0.575. The third-order valence-corrected chi connectivity index (χ3v) is 3.49. The Labute approximate surface area is 121 Å². The van der Waals surface area contributed by atoms with Crippen molar-refractivity contribution in [2.75, 3.05) is 0 Å². The topological polar surface area (TPSA) is 46.3 Å². The first-order valence-corrected chi connectivity index (χ1v) is 6.86. The van der Waals surface area contributed by atoms with Crippen LogP contribution in [0.2, 0.25) is 5.02 Å². The van der Waals surface area contributed by atoms with Gasteiger partial charge in [0.25, 0.3) is 0 Å². The van der Waals surface area contributed by atoms with Crippen LogP contribution >= 0.6 is 11.6 Å². The number of aryl methyl sites for hydroxylation is 1. The fourth-order valence-corrected chi connectivity index (χ4v) is 2.37. The molecule has 0 aliphatic heterocycles. The molecule has 2 heterocycles.